The first-order valence-electron chi connectivity index (χ1n) is 6.38. The summed E-state index contributed by atoms with van der Waals surface area (Å²) in [5, 5.41) is 7.87. The molecule has 0 saturated heterocycles. The van der Waals surface area contributed by atoms with Crippen LogP contribution in [0.2, 0.25) is 0 Å². The monoisotopic (exact) mass is 303 g/mol. The van der Waals surface area contributed by atoms with Crippen LogP contribution in [-0.4, -0.2) is 22.9 Å². The number of aromatic nitrogens is 1. The molecule has 21 heavy (non-hydrogen) atoms. The molecular weight excluding hydrogens is 290 g/mol. The van der Waals surface area contributed by atoms with Crippen LogP contribution in [0.3, 0.4) is 0 Å². The number of ether oxygens (including phenoxy) is 1. The van der Waals surface area contributed by atoms with E-state index in [-0.39, 0.29) is 11.8 Å². The molecule has 1 aromatic heterocycles. The molecule has 0 spiro atoms. The molecule has 2 aromatic rings. The fourth-order valence-electron chi connectivity index (χ4n) is 1.92. The zero-order valence-electron chi connectivity index (χ0n) is 11.5. The zero-order chi connectivity index (χ0) is 15.0. The van der Waals surface area contributed by atoms with Crippen LogP contribution < -0.4 is 15.4 Å². The summed E-state index contributed by atoms with van der Waals surface area (Å²) in [5.41, 5.74) is 1.88. The Bertz CT molecular complexity index is 726. The van der Waals surface area contributed by atoms with Crippen molar-refractivity contribution in [3.05, 3.63) is 34.8 Å². The van der Waals surface area contributed by atoms with Crippen LogP contribution in [0.5, 0.6) is 5.75 Å². The topological polar surface area (TPSA) is 80.3 Å². The van der Waals surface area contributed by atoms with E-state index in [0.717, 1.165) is 5.69 Å². The second-order valence-electron chi connectivity index (χ2n) is 4.71. The van der Waals surface area contributed by atoms with E-state index in [2.05, 4.69) is 15.6 Å². The first-order valence-corrected chi connectivity index (χ1v) is 7.26. The Morgan fingerprint density at radius 2 is 2.29 bits per heavy atom. The zero-order valence-corrected chi connectivity index (χ0v) is 12.3. The Balaban J connectivity index is 1.82. The van der Waals surface area contributed by atoms with Crippen molar-refractivity contribution in [3.63, 3.8) is 0 Å². The van der Waals surface area contributed by atoms with Gasteiger partial charge in [-0.15, -0.1) is 11.3 Å². The summed E-state index contributed by atoms with van der Waals surface area (Å²) in [4.78, 5) is 27.8. The number of benzene rings is 1. The lowest BCUT2D eigenvalue weighted by Gasteiger charge is -2.23. The highest BCUT2D eigenvalue weighted by Gasteiger charge is 2.24. The molecule has 1 aliphatic rings. The minimum atomic E-state index is -0.572. The Morgan fingerprint density at radius 3 is 3.00 bits per heavy atom. The van der Waals surface area contributed by atoms with E-state index < -0.39 is 6.10 Å². The summed E-state index contributed by atoms with van der Waals surface area (Å²) >= 11 is 1.37. The molecule has 0 saturated carbocycles. The number of anilines is 2. The molecule has 1 aliphatic heterocycles. The Kier molecular flexibility index (Phi) is 3.34. The quantitative estimate of drug-likeness (QED) is 0.893. The second-order valence-corrected chi connectivity index (χ2v) is 5.57. The molecule has 108 valence electrons. The fourth-order valence-corrected chi connectivity index (χ4v) is 2.61. The Hall–Kier alpha value is -2.41. The number of amides is 2. The fraction of sp³-hybridized carbons (Fsp3) is 0.214. The second kappa shape index (κ2) is 5.17. The van der Waals surface area contributed by atoms with Crippen molar-refractivity contribution in [3.8, 4) is 5.75 Å². The minimum Gasteiger partial charge on any atom is -0.479 e. The smallest absolute Gasteiger partial charge is 0.265 e. The maximum atomic E-state index is 12.2. The molecule has 3 rings (SSSR count). The highest BCUT2D eigenvalue weighted by Crippen LogP contribution is 2.30. The number of fused-ring (bicyclic) bond motifs is 1. The van der Waals surface area contributed by atoms with Gasteiger partial charge in [0.05, 0.1) is 11.4 Å². The normalized spacial score (nSPS) is 16.7. The van der Waals surface area contributed by atoms with E-state index in [0.29, 0.717) is 22.1 Å². The summed E-state index contributed by atoms with van der Waals surface area (Å²) in [6.45, 7) is 3.52. The predicted octanol–water partition coefficient (Wildman–Crippen LogP) is 2.42. The number of thiazole rings is 1. The third-order valence-corrected chi connectivity index (χ3v) is 3.89. The van der Waals surface area contributed by atoms with Gasteiger partial charge in [-0.05, 0) is 32.0 Å². The molecule has 2 heterocycles. The molecule has 6 nitrogen and oxygen atoms in total. The van der Waals surface area contributed by atoms with Crippen LogP contribution in [-0.2, 0) is 4.79 Å². The van der Waals surface area contributed by atoms with E-state index in [1.54, 1.807) is 25.1 Å². The van der Waals surface area contributed by atoms with E-state index in [1.807, 2.05) is 12.3 Å². The molecule has 1 atom stereocenters. The molecule has 2 amide bonds. The van der Waals surface area contributed by atoms with Gasteiger partial charge in [0.1, 0.15) is 5.75 Å². The molecule has 1 aromatic carbocycles. The maximum Gasteiger partial charge on any atom is 0.265 e. The predicted molar refractivity (Wildman–Crippen MR) is 80.0 cm³/mol. The summed E-state index contributed by atoms with van der Waals surface area (Å²) in [6, 6.07) is 4.90. The highest BCUT2D eigenvalue weighted by molar-refractivity contribution is 7.13. The van der Waals surface area contributed by atoms with Gasteiger partial charge in [0, 0.05) is 10.9 Å². The van der Waals surface area contributed by atoms with Crippen LogP contribution in [0, 0.1) is 6.92 Å². The van der Waals surface area contributed by atoms with Gasteiger partial charge < -0.3 is 10.1 Å². The van der Waals surface area contributed by atoms with Gasteiger partial charge >= 0.3 is 0 Å². The van der Waals surface area contributed by atoms with Gasteiger partial charge in [-0.2, -0.15) is 0 Å². The maximum absolute atomic E-state index is 12.2. The average molecular weight is 303 g/mol. The van der Waals surface area contributed by atoms with E-state index >= 15 is 0 Å². The molecule has 7 heteroatoms. The van der Waals surface area contributed by atoms with Crippen LogP contribution >= 0.6 is 11.3 Å². The molecule has 0 fully saturated rings. The first kappa shape index (κ1) is 13.6. The average Bonchev–Trinajstić information content (AvgIpc) is 2.85. The molecule has 1 unspecified atom stereocenters. The van der Waals surface area contributed by atoms with Gasteiger partial charge in [-0.25, -0.2) is 4.98 Å². The largest absolute Gasteiger partial charge is 0.479 e. The summed E-state index contributed by atoms with van der Waals surface area (Å²) in [6.07, 6.45) is -0.572. The van der Waals surface area contributed by atoms with Gasteiger partial charge in [0.25, 0.3) is 11.8 Å². The van der Waals surface area contributed by atoms with Crippen molar-refractivity contribution in [1.82, 2.24) is 4.98 Å². The van der Waals surface area contributed by atoms with Crippen molar-refractivity contribution in [2.24, 2.45) is 0 Å². The van der Waals surface area contributed by atoms with Crippen LogP contribution in [0.1, 0.15) is 23.0 Å². The summed E-state index contributed by atoms with van der Waals surface area (Å²) < 4.78 is 5.48. The van der Waals surface area contributed by atoms with E-state index in [9.17, 15) is 9.59 Å². The Labute approximate surface area is 125 Å². The lowest BCUT2D eigenvalue weighted by Crippen LogP contribution is -2.34. The van der Waals surface area contributed by atoms with Gasteiger partial charge in [-0.3, -0.25) is 14.9 Å². The number of hydrogen-bond acceptors (Lipinski definition) is 5. The molecule has 0 radical (unpaired) electrons. The third-order valence-electron chi connectivity index (χ3n) is 3.01. The van der Waals surface area contributed by atoms with Crippen molar-refractivity contribution in [1.29, 1.82) is 0 Å². The van der Waals surface area contributed by atoms with Crippen LogP contribution in [0.4, 0.5) is 10.8 Å². The number of carbonyl (C=O) groups excluding carboxylic acids is 2. The van der Waals surface area contributed by atoms with Crippen molar-refractivity contribution in [2.45, 2.75) is 20.0 Å². The van der Waals surface area contributed by atoms with Gasteiger partial charge in [0.15, 0.2) is 11.2 Å². The molecule has 0 bridgehead atoms. The van der Waals surface area contributed by atoms with Crippen molar-refractivity contribution >= 4 is 34.0 Å². The van der Waals surface area contributed by atoms with E-state index in [4.69, 9.17) is 4.74 Å². The van der Waals surface area contributed by atoms with Crippen LogP contribution in [0.25, 0.3) is 0 Å². The third kappa shape index (κ3) is 2.73. The minimum absolute atomic E-state index is 0.196. The number of nitrogens with one attached hydrogen (secondary N) is 2. The SMILES string of the molecule is Cc1csc(NC(=O)c2ccc3c(c2)OC(C)C(=O)N3)n1. The van der Waals surface area contributed by atoms with Crippen molar-refractivity contribution in [2.75, 3.05) is 10.6 Å². The molecular formula is C14H13N3O3S. The number of hydrogen-bond donors (Lipinski definition) is 2. The standard InChI is InChI=1S/C14H13N3O3S/c1-7-6-21-14(15-7)17-13(19)9-3-4-10-11(5-9)20-8(2)12(18)16-10/h3-6,8H,1-2H3,(H,16,18)(H,15,17,19). The number of aryl methyl sites for hydroxylation is 1. The van der Waals surface area contributed by atoms with Gasteiger partial charge in [0.2, 0.25) is 0 Å². The summed E-state index contributed by atoms with van der Waals surface area (Å²) in [7, 11) is 0. The number of nitrogens with zero attached hydrogens (tertiary/aromatic N) is 1. The number of carbonyl (C=O) groups is 2. The highest BCUT2D eigenvalue weighted by atomic mass is 32.1. The summed E-state index contributed by atoms with van der Waals surface area (Å²) in [5.74, 6) is 0.0309. The van der Waals surface area contributed by atoms with Gasteiger partial charge in [-0.1, -0.05) is 0 Å². The molecule has 0 aliphatic carbocycles. The first-order chi connectivity index (χ1) is 10.0. The van der Waals surface area contributed by atoms with E-state index in [1.165, 1.54) is 11.3 Å². The lowest BCUT2D eigenvalue weighted by atomic mass is 10.1. The molecule has 2 N–H and O–H groups in total. The lowest BCUT2D eigenvalue weighted by molar-refractivity contribution is -0.122. The Morgan fingerprint density at radius 1 is 1.48 bits per heavy atom. The number of rotatable bonds is 2. The van der Waals surface area contributed by atoms with Crippen molar-refractivity contribution < 1.29 is 14.3 Å². The van der Waals surface area contributed by atoms with Crippen LogP contribution in [0.15, 0.2) is 23.6 Å².